The van der Waals surface area contributed by atoms with Crippen molar-refractivity contribution in [1.82, 2.24) is 4.98 Å². The van der Waals surface area contributed by atoms with Crippen LogP contribution in [-0.2, 0) is 0 Å². The molecule has 0 amide bonds. The first kappa shape index (κ1) is 8.92. The van der Waals surface area contributed by atoms with E-state index in [0.717, 1.165) is 6.07 Å². The van der Waals surface area contributed by atoms with E-state index in [1.54, 1.807) is 18.2 Å². The van der Waals surface area contributed by atoms with Crippen molar-refractivity contribution < 1.29 is 4.39 Å². The summed E-state index contributed by atoms with van der Waals surface area (Å²) in [5.74, 6) is -0.526. The van der Waals surface area contributed by atoms with Crippen LogP contribution in [0.25, 0.3) is 10.9 Å². The van der Waals surface area contributed by atoms with Crippen LogP contribution in [0.2, 0.25) is 5.15 Å². The number of nitrogens with zero attached hydrogens (tertiary/aromatic N) is 2. The molecule has 4 heteroatoms. The van der Waals surface area contributed by atoms with Gasteiger partial charge in [0, 0.05) is 5.39 Å². The number of halogens is 2. The van der Waals surface area contributed by atoms with Gasteiger partial charge in [-0.1, -0.05) is 11.6 Å². The molecule has 0 bridgehead atoms. The summed E-state index contributed by atoms with van der Waals surface area (Å²) in [4.78, 5) is 3.83. The second-order valence-electron chi connectivity index (χ2n) is 2.78. The fraction of sp³-hybridized carbons (Fsp3) is 0. The number of nitriles is 1. The van der Waals surface area contributed by atoms with Crippen molar-refractivity contribution >= 4 is 22.5 Å². The molecule has 0 saturated carbocycles. The summed E-state index contributed by atoms with van der Waals surface area (Å²) in [5.41, 5.74) is 0.468. The van der Waals surface area contributed by atoms with Crippen LogP contribution in [0.5, 0.6) is 0 Å². The van der Waals surface area contributed by atoms with E-state index < -0.39 is 5.82 Å². The Morgan fingerprint density at radius 1 is 1.36 bits per heavy atom. The average Bonchev–Trinajstić information content (AvgIpc) is 2.19. The first-order valence-electron chi connectivity index (χ1n) is 3.86. The summed E-state index contributed by atoms with van der Waals surface area (Å²) in [7, 11) is 0. The predicted molar refractivity (Wildman–Crippen MR) is 51.4 cm³/mol. The van der Waals surface area contributed by atoms with E-state index in [2.05, 4.69) is 4.98 Å². The fourth-order valence-corrected chi connectivity index (χ4v) is 1.38. The molecule has 0 atom stereocenters. The molecule has 68 valence electrons. The van der Waals surface area contributed by atoms with Crippen molar-refractivity contribution in [3.8, 4) is 6.07 Å². The minimum Gasteiger partial charge on any atom is -0.233 e. The van der Waals surface area contributed by atoms with Crippen molar-refractivity contribution in [3.05, 3.63) is 40.8 Å². The van der Waals surface area contributed by atoms with Gasteiger partial charge in [0.15, 0.2) is 5.82 Å². The summed E-state index contributed by atoms with van der Waals surface area (Å²) in [6.45, 7) is 0. The number of hydrogen-bond donors (Lipinski definition) is 0. The van der Waals surface area contributed by atoms with Gasteiger partial charge in [0.1, 0.15) is 10.7 Å². The Hall–Kier alpha value is -1.66. The molecule has 0 fully saturated rings. The smallest absolute Gasteiger partial charge is 0.150 e. The Bertz CT molecular complexity index is 546. The van der Waals surface area contributed by atoms with Crippen molar-refractivity contribution in [2.45, 2.75) is 0 Å². The van der Waals surface area contributed by atoms with E-state index in [1.165, 1.54) is 0 Å². The Labute approximate surface area is 84.6 Å². The van der Waals surface area contributed by atoms with Gasteiger partial charge < -0.3 is 0 Å². The first-order valence-corrected chi connectivity index (χ1v) is 4.24. The number of pyridine rings is 1. The lowest BCUT2D eigenvalue weighted by Gasteiger charge is -1.99. The second kappa shape index (κ2) is 3.24. The molecule has 14 heavy (non-hydrogen) atoms. The van der Waals surface area contributed by atoms with Crippen molar-refractivity contribution in [3.63, 3.8) is 0 Å². The summed E-state index contributed by atoms with van der Waals surface area (Å²) < 4.78 is 13.3. The highest BCUT2D eigenvalue weighted by Gasteiger charge is 2.05. The van der Waals surface area contributed by atoms with Crippen molar-refractivity contribution in [2.75, 3.05) is 0 Å². The molecular formula is C10H4ClFN2. The molecule has 0 aliphatic heterocycles. The number of benzene rings is 1. The predicted octanol–water partition coefficient (Wildman–Crippen LogP) is 2.90. The zero-order valence-corrected chi connectivity index (χ0v) is 7.72. The lowest BCUT2D eigenvalue weighted by molar-refractivity contribution is 0.636. The van der Waals surface area contributed by atoms with Gasteiger partial charge in [-0.3, -0.25) is 0 Å². The van der Waals surface area contributed by atoms with E-state index in [-0.39, 0.29) is 16.2 Å². The van der Waals surface area contributed by atoms with E-state index in [0.29, 0.717) is 5.39 Å². The maximum atomic E-state index is 13.3. The highest BCUT2D eigenvalue weighted by molar-refractivity contribution is 6.29. The summed E-state index contributed by atoms with van der Waals surface area (Å²) in [5, 5.41) is 9.43. The molecule has 1 aromatic heterocycles. The maximum Gasteiger partial charge on any atom is 0.150 e. The first-order chi connectivity index (χ1) is 6.70. The molecule has 0 saturated heterocycles. The van der Waals surface area contributed by atoms with Crippen molar-refractivity contribution in [2.24, 2.45) is 0 Å². The van der Waals surface area contributed by atoms with Gasteiger partial charge >= 0.3 is 0 Å². The van der Waals surface area contributed by atoms with Gasteiger partial charge in [-0.15, -0.1) is 0 Å². The minimum atomic E-state index is -0.526. The van der Waals surface area contributed by atoms with Crippen LogP contribution in [-0.4, -0.2) is 4.98 Å². The number of hydrogen-bond acceptors (Lipinski definition) is 2. The maximum absolute atomic E-state index is 13.3. The topological polar surface area (TPSA) is 36.7 Å². The lowest BCUT2D eigenvalue weighted by atomic mass is 10.1. The van der Waals surface area contributed by atoms with Crippen LogP contribution in [0.15, 0.2) is 24.3 Å². The molecule has 0 aliphatic carbocycles. The molecule has 1 heterocycles. The molecule has 2 nitrogen and oxygen atoms in total. The van der Waals surface area contributed by atoms with Crippen molar-refractivity contribution in [1.29, 1.82) is 5.26 Å². The van der Waals surface area contributed by atoms with E-state index >= 15 is 0 Å². The van der Waals surface area contributed by atoms with E-state index in [1.807, 2.05) is 6.07 Å². The van der Waals surface area contributed by atoms with Gasteiger partial charge in [-0.2, -0.15) is 5.26 Å². The molecule has 0 spiro atoms. The monoisotopic (exact) mass is 206 g/mol. The minimum absolute atomic E-state index is 0.191. The van der Waals surface area contributed by atoms with Gasteiger partial charge in [0.05, 0.1) is 11.6 Å². The van der Waals surface area contributed by atoms with Gasteiger partial charge in [-0.05, 0) is 24.3 Å². The summed E-state index contributed by atoms with van der Waals surface area (Å²) in [6, 6.07) is 7.78. The van der Waals surface area contributed by atoms with E-state index in [4.69, 9.17) is 16.9 Å². The third kappa shape index (κ3) is 1.40. The Morgan fingerprint density at radius 3 is 2.86 bits per heavy atom. The zero-order valence-electron chi connectivity index (χ0n) is 6.96. The summed E-state index contributed by atoms with van der Waals surface area (Å²) in [6.07, 6.45) is 0. The third-order valence-electron chi connectivity index (χ3n) is 1.84. The number of rotatable bonds is 0. The van der Waals surface area contributed by atoms with Crippen LogP contribution >= 0.6 is 11.6 Å². The molecule has 0 N–H and O–H groups in total. The second-order valence-corrected chi connectivity index (χ2v) is 3.16. The standard InChI is InChI=1S/C10H4ClFN2/c11-9-2-1-7-3-6(5-13)4-8(12)10(7)14-9/h1-4H. The normalized spacial score (nSPS) is 10.1. The Balaban J connectivity index is 2.84. The lowest BCUT2D eigenvalue weighted by Crippen LogP contribution is -1.87. The third-order valence-corrected chi connectivity index (χ3v) is 2.05. The Kier molecular flexibility index (Phi) is 2.06. The largest absolute Gasteiger partial charge is 0.233 e. The molecule has 1 aromatic carbocycles. The highest BCUT2D eigenvalue weighted by atomic mass is 35.5. The average molecular weight is 207 g/mol. The fourth-order valence-electron chi connectivity index (χ4n) is 1.23. The molecule has 2 rings (SSSR count). The number of aromatic nitrogens is 1. The van der Waals surface area contributed by atoms with Crippen LogP contribution in [0.3, 0.4) is 0 Å². The highest BCUT2D eigenvalue weighted by Crippen LogP contribution is 2.19. The van der Waals surface area contributed by atoms with Crippen LogP contribution in [0.4, 0.5) is 4.39 Å². The van der Waals surface area contributed by atoms with Gasteiger partial charge in [0.25, 0.3) is 0 Å². The van der Waals surface area contributed by atoms with Crippen LogP contribution < -0.4 is 0 Å². The molecule has 2 aromatic rings. The Morgan fingerprint density at radius 2 is 2.14 bits per heavy atom. The van der Waals surface area contributed by atoms with Crippen LogP contribution in [0.1, 0.15) is 5.56 Å². The van der Waals surface area contributed by atoms with Gasteiger partial charge in [0.2, 0.25) is 0 Å². The van der Waals surface area contributed by atoms with E-state index in [9.17, 15) is 4.39 Å². The molecule has 0 unspecified atom stereocenters. The molecule has 0 radical (unpaired) electrons. The SMILES string of the molecule is N#Cc1cc(F)c2nc(Cl)ccc2c1. The van der Waals surface area contributed by atoms with Crippen LogP contribution in [0, 0.1) is 17.1 Å². The number of fused-ring (bicyclic) bond motifs is 1. The molecule has 0 aliphatic rings. The quantitative estimate of drug-likeness (QED) is 0.622. The zero-order chi connectivity index (χ0) is 10.1. The van der Waals surface area contributed by atoms with Gasteiger partial charge in [-0.25, -0.2) is 9.37 Å². The summed E-state index contributed by atoms with van der Waals surface area (Å²) >= 11 is 5.62. The molecular weight excluding hydrogens is 203 g/mol.